The Labute approximate surface area is 230 Å². The summed E-state index contributed by atoms with van der Waals surface area (Å²) in [7, 11) is 1.61. The molecule has 0 aliphatic carbocycles. The lowest BCUT2D eigenvalue weighted by atomic mass is 10.0. The summed E-state index contributed by atoms with van der Waals surface area (Å²) in [6, 6.07) is 27.2. The number of hydrogen-bond donors (Lipinski definition) is 0. The van der Waals surface area contributed by atoms with E-state index in [0.717, 1.165) is 23.1 Å². The average Bonchev–Trinajstić information content (AvgIpc) is 3.26. The van der Waals surface area contributed by atoms with Gasteiger partial charge in [0, 0.05) is 29.4 Å². The number of para-hydroxylation sites is 1. The van der Waals surface area contributed by atoms with E-state index >= 15 is 0 Å². The Hall–Kier alpha value is -4.10. The summed E-state index contributed by atoms with van der Waals surface area (Å²) >= 11 is 5.96. The zero-order chi connectivity index (χ0) is 27.6. The SMILES string of the molecule is C=C1N(Cc2ccccc2OC)CC(c2cccc(C(F)(F)F)c2)N1c1ccc(Oc2ccc(Cl)cc2)cc1. The first kappa shape index (κ1) is 26.5. The molecule has 0 bridgehead atoms. The number of halogens is 4. The van der Waals surface area contributed by atoms with Crippen LogP contribution < -0.4 is 14.4 Å². The zero-order valence-corrected chi connectivity index (χ0v) is 21.9. The Morgan fingerprint density at radius 1 is 0.897 bits per heavy atom. The van der Waals surface area contributed by atoms with Gasteiger partial charge in [0.1, 0.15) is 23.1 Å². The molecule has 4 aromatic carbocycles. The van der Waals surface area contributed by atoms with Crippen molar-refractivity contribution in [1.82, 2.24) is 4.90 Å². The summed E-state index contributed by atoms with van der Waals surface area (Å²) in [6.07, 6.45) is -4.44. The van der Waals surface area contributed by atoms with E-state index in [0.29, 0.717) is 41.0 Å². The van der Waals surface area contributed by atoms with Gasteiger partial charge in [0.15, 0.2) is 0 Å². The molecule has 8 heteroatoms. The summed E-state index contributed by atoms with van der Waals surface area (Å²) < 4.78 is 52.1. The number of benzene rings is 4. The highest BCUT2D eigenvalue weighted by Crippen LogP contribution is 2.42. The molecule has 1 aliphatic heterocycles. The van der Waals surface area contributed by atoms with Crippen LogP contribution in [0.2, 0.25) is 5.02 Å². The van der Waals surface area contributed by atoms with Crippen molar-refractivity contribution in [2.24, 2.45) is 0 Å². The number of ether oxygens (including phenoxy) is 2. The molecule has 39 heavy (non-hydrogen) atoms. The molecule has 0 radical (unpaired) electrons. The van der Waals surface area contributed by atoms with E-state index in [1.54, 1.807) is 37.4 Å². The highest BCUT2D eigenvalue weighted by atomic mass is 35.5. The monoisotopic (exact) mass is 550 g/mol. The molecule has 1 aliphatic rings. The van der Waals surface area contributed by atoms with Gasteiger partial charge >= 0.3 is 6.18 Å². The van der Waals surface area contributed by atoms with Crippen molar-refractivity contribution in [1.29, 1.82) is 0 Å². The van der Waals surface area contributed by atoms with Gasteiger partial charge < -0.3 is 19.3 Å². The van der Waals surface area contributed by atoms with Crippen LogP contribution in [0.4, 0.5) is 18.9 Å². The minimum Gasteiger partial charge on any atom is -0.496 e. The first-order valence-electron chi connectivity index (χ1n) is 12.3. The van der Waals surface area contributed by atoms with Gasteiger partial charge in [-0.15, -0.1) is 0 Å². The lowest BCUT2D eigenvalue weighted by molar-refractivity contribution is -0.137. The maximum absolute atomic E-state index is 13.6. The van der Waals surface area contributed by atoms with E-state index in [-0.39, 0.29) is 0 Å². The lowest BCUT2D eigenvalue weighted by Gasteiger charge is -2.28. The molecule has 1 heterocycles. The molecule has 4 nitrogen and oxygen atoms in total. The van der Waals surface area contributed by atoms with E-state index in [1.807, 2.05) is 53.4 Å². The van der Waals surface area contributed by atoms with Gasteiger partial charge in [-0.05, 0) is 72.3 Å². The Kier molecular flexibility index (Phi) is 7.44. The van der Waals surface area contributed by atoms with Gasteiger partial charge in [-0.1, -0.05) is 48.5 Å². The molecule has 0 amide bonds. The maximum Gasteiger partial charge on any atom is 0.416 e. The summed E-state index contributed by atoms with van der Waals surface area (Å²) in [4.78, 5) is 4.03. The van der Waals surface area contributed by atoms with Gasteiger partial charge in [-0.3, -0.25) is 0 Å². The molecule has 0 spiro atoms. The van der Waals surface area contributed by atoms with Crippen LogP contribution in [-0.2, 0) is 12.7 Å². The van der Waals surface area contributed by atoms with Gasteiger partial charge in [-0.25, -0.2) is 0 Å². The van der Waals surface area contributed by atoms with E-state index in [2.05, 4.69) is 11.5 Å². The zero-order valence-electron chi connectivity index (χ0n) is 21.2. The Morgan fingerprint density at radius 2 is 1.56 bits per heavy atom. The van der Waals surface area contributed by atoms with Crippen LogP contribution in [0.15, 0.2) is 109 Å². The largest absolute Gasteiger partial charge is 0.496 e. The fraction of sp³-hybridized carbons (Fsp3) is 0.161. The second-order valence-electron chi connectivity index (χ2n) is 9.17. The second kappa shape index (κ2) is 10.9. The van der Waals surface area contributed by atoms with Crippen molar-refractivity contribution in [2.45, 2.75) is 18.8 Å². The van der Waals surface area contributed by atoms with Gasteiger partial charge in [0.25, 0.3) is 0 Å². The smallest absolute Gasteiger partial charge is 0.416 e. The van der Waals surface area contributed by atoms with Crippen molar-refractivity contribution in [3.8, 4) is 17.2 Å². The quantitative estimate of drug-likeness (QED) is 0.230. The fourth-order valence-electron chi connectivity index (χ4n) is 4.74. The minimum absolute atomic E-state index is 0.391. The highest BCUT2D eigenvalue weighted by molar-refractivity contribution is 6.30. The van der Waals surface area contributed by atoms with Gasteiger partial charge in [0.05, 0.1) is 18.7 Å². The van der Waals surface area contributed by atoms with Crippen LogP contribution in [0.3, 0.4) is 0 Å². The molecule has 1 unspecified atom stereocenters. The molecule has 200 valence electrons. The summed E-state index contributed by atoms with van der Waals surface area (Å²) in [5.74, 6) is 2.67. The molecular formula is C31H26ClF3N2O2. The highest BCUT2D eigenvalue weighted by Gasteiger charge is 2.37. The third-order valence-electron chi connectivity index (χ3n) is 6.66. The number of rotatable bonds is 7. The average molecular weight is 551 g/mol. The summed E-state index contributed by atoms with van der Waals surface area (Å²) in [5, 5.41) is 0.614. The molecule has 1 saturated heterocycles. The van der Waals surface area contributed by atoms with Crippen molar-refractivity contribution < 1.29 is 22.6 Å². The number of anilines is 1. The Morgan fingerprint density at radius 3 is 2.23 bits per heavy atom. The number of nitrogens with zero attached hydrogens (tertiary/aromatic N) is 2. The van der Waals surface area contributed by atoms with Crippen molar-refractivity contribution in [3.05, 3.63) is 131 Å². The first-order valence-corrected chi connectivity index (χ1v) is 12.7. The van der Waals surface area contributed by atoms with Crippen LogP contribution in [-0.4, -0.2) is 18.6 Å². The van der Waals surface area contributed by atoms with E-state index in [4.69, 9.17) is 21.1 Å². The summed E-state index contributed by atoms with van der Waals surface area (Å²) in [5.41, 5.74) is 1.61. The van der Waals surface area contributed by atoms with Gasteiger partial charge in [0.2, 0.25) is 0 Å². The number of alkyl halides is 3. The fourth-order valence-corrected chi connectivity index (χ4v) is 4.87. The van der Waals surface area contributed by atoms with E-state index < -0.39 is 17.8 Å². The van der Waals surface area contributed by atoms with E-state index in [9.17, 15) is 13.2 Å². The third kappa shape index (κ3) is 5.83. The summed E-state index contributed by atoms with van der Waals surface area (Å²) in [6.45, 7) is 5.27. The third-order valence-corrected chi connectivity index (χ3v) is 6.92. The molecule has 1 fully saturated rings. The van der Waals surface area contributed by atoms with Crippen LogP contribution in [0.1, 0.15) is 22.7 Å². The first-order chi connectivity index (χ1) is 18.7. The molecule has 0 aromatic heterocycles. The standard InChI is InChI=1S/C31H26ClF3N2O2/c1-21-36(19-23-6-3-4-9-30(23)38-2)20-29(22-7-5-8-24(18-22)31(33,34)35)37(21)26-12-16-28(17-13-26)39-27-14-10-25(32)11-15-27/h3-18,29H,1,19-20H2,2H3. The maximum atomic E-state index is 13.6. The van der Waals surface area contributed by atoms with Crippen LogP contribution in [0, 0.1) is 0 Å². The molecule has 0 saturated carbocycles. The van der Waals surface area contributed by atoms with Gasteiger partial charge in [-0.2, -0.15) is 13.2 Å². The Bertz CT molecular complexity index is 1460. The minimum atomic E-state index is -4.44. The predicted octanol–water partition coefficient (Wildman–Crippen LogP) is 8.69. The van der Waals surface area contributed by atoms with E-state index in [1.165, 1.54) is 12.1 Å². The lowest BCUT2D eigenvalue weighted by Crippen LogP contribution is -2.23. The van der Waals surface area contributed by atoms with Crippen LogP contribution in [0.5, 0.6) is 17.2 Å². The second-order valence-corrected chi connectivity index (χ2v) is 9.60. The number of hydrogen-bond acceptors (Lipinski definition) is 4. The van der Waals surface area contributed by atoms with Crippen LogP contribution in [0.25, 0.3) is 0 Å². The van der Waals surface area contributed by atoms with Crippen molar-refractivity contribution in [2.75, 3.05) is 18.6 Å². The normalized spacial score (nSPS) is 15.5. The van der Waals surface area contributed by atoms with Crippen LogP contribution >= 0.6 is 11.6 Å². The predicted molar refractivity (Wildman–Crippen MR) is 147 cm³/mol. The molecule has 4 aromatic rings. The topological polar surface area (TPSA) is 24.9 Å². The molecule has 5 rings (SSSR count). The Balaban J connectivity index is 1.47. The molecular weight excluding hydrogens is 525 g/mol. The molecule has 0 N–H and O–H groups in total. The number of methoxy groups -OCH3 is 1. The molecule has 1 atom stereocenters. The van der Waals surface area contributed by atoms with Crippen molar-refractivity contribution >= 4 is 17.3 Å². The van der Waals surface area contributed by atoms with Crippen molar-refractivity contribution in [3.63, 3.8) is 0 Å².